The summed E-state index contributed by atoms with van der Waals surface area (Å²) in [5.74, 6) is -0.887. The van der Waals surface area contributed by atoms with Gasteiger partial charge in [0.2, 0.25) is 5.91 Å². The number of carbonyl (C=O) groups is 2. The van der Waals surface area contributed by atoms with Gasteiger partial charge in [0, 0.05) is 7.05 Å². The Labute approximate surface area is 128 Å². The zero-order valence-corrected chi connectivity index (χ0v) is 13.4. The van der Waals surface area contributed by atoms with Crippen LogP contribution in [0.25, 0.3) is 0 Å². The fourth-order valence-corrected chi connectivity index (χ4v) is 3.89. The van der Waals surface area contributed by atoms with E-state index >= 15 is 0 Å². The molecule has 0 saturated heterocycles. The summed E-state index contributed by atoms with van der Waals surface area (Å²) in [6.45, 7) is 3.72. The average molecular weight is 311 g/mol. The highest BCUT2D eigenvalue weighted by Crippen LogP contribution is 2.35. The van der Waals surface area contributed by atoms with Gasteiger partial charge in [-0.2, -0.15) is 4.37 Å². The van der Waals surface area contributed by atoms with Gasteiger partial charge in [0.1, 0.15) is 10.6 Å². The van der Waals surface area contributed by atoms with Crippen molar-refractivity contribution in [2.24, 2.45) is 11.7 Å². The molecule has 0 aliphatic heterocycles. The maximum Gasteiger partial charge on any atom is 0.340 e. The number of nitrogens with two attached hydrogens (primary N) is 1. The highest BCUT2D eigenvalue weighted by Gasteiger charge is 2.41. The van der Waals surface area contributed by atoms with Crippen molar-refractivity contribution in [1.82, 2.24) is 4.37 Å². The van der Waals surface area contributed by atoms with Crippen molar-refractivity contribution >= 4 is 28.4 Å². The van der Waals surface area contributed by atoms with Gasteiger partial charge in [0.25, 0.3) is 0 Å². The molecule has 2 unspecified atom stereocenters. The summed E-state index contributed by atoms with van der Waals surface area (Å²) in [6, 6.07) is 0. The van der Waals surface area contributed by atoms with Crippen molar-refractivity contribution in [3.05, 3.63) is 11.3 Å². The summed E-state index contributed by atoms with van der Waals surface area (Å²) in [5, 5.41) is 9.63. The van der Waals surface area contributed by atoms with Crippen LogP contribution in [0.4, 0.5) is 5.00 Å². The average Bonchev–Trinajstić information content (AvgIpc) is 2.78. The van der Waals surface area contributed by atoms with Crippen molar-refractivity contribution in [3.8, 4) is 0 Å². The first kappa shape index (κ1) is 15.9. The minimum absolute atomic E-state index is 0.0864. The van der Waals surface area contributed by atoms with Gasteiger partial charge >= 0.3 is 5.97 Å². The topological polar surface area (TPSA) is 96.5 Å². The van der Waals surface area contributed by atoms with E-state index in [-0.39, 0.29) is 11.5 Å². The predicted octanol–water partition coefficient (Wildman–Crippen LogP) is 2.02. The van der Waals surface area contributed by atoms with Crippen molar-refractivity contribution in [1.29, 1.82) is 0 Å². The molecule has 0 radical (unpaired) electrons. The van der Waals surface area contributed by atoms with Gasteiger partial charge < -0.3 is 15.7 Å². The lowest BCUT2D eigenvalue weighted by Crippen LogP contribution is -2.56. The Balaban J connectivity index is 2.29. The van der Waals surface area contributed by atoms with Crippen LogP contribution in [-0.2, 0) is 4.79 Å². The third-order valence-electron chi connectivity index (χ3n) is 4.13. The van der Waals surface area contributed by atoms with Crippen molar-refractivity contribution < 1.29 is 14.7 Å². The number of carbonyl (C=O) groups excluding carboxylic acids is 1. The van der Waals surface area contributed by atoms with E-state index in [9.17, 15) is 14.7 Å². The van der Waals surface area contributed by atoms with Gasteiger partial charge in [-0.1, -0.05) is 19.8 Å². The summed E-state index contributed by atoms with van der Waals surface area (Å²) >= 11 is 1.02. The Morgan fingerprint density at radius 3 is 2.76 bits per heavy atom. The summed E-state index contributed by atoms with van der Waals surface area (Å²) < 4.78 is 4.05. The number of aromatic carboxylic acids is 1. The smallest absolute Gasteiger partial charge is 0.340 e. The van der Waals surface area contributed by atoms with Crippen LogP contribution in [0.3, 0.4) is 0 Å². The number of nitrogens with zero attached hydrogens (tertiary/aromatic N) is 2. The highest BCUT2D eigenvalue weighted by atomic mass is 32.1. The van der Waals surface area contributed by atoms with E-state index in [1.807, 2.05) is 0 Å². The van der Waals surface area contributed by atoms with Crippen LogP contribution in [0.2, 0.25) is 0 Å². The molecule has 1 aromatic rings. The second kappa shape index (κ2) is 5.73. The van der Waals surface area contributed by atoms with Crippen LogP contribution in [0.5, 0.6) is 0 Å². The van der Waals surface area contributed by atoms with E-state index in [4.69, 9.17) is 5.73 Å². The molecule has 116 valence electrons. The number of hydrogen-bond donors (Lipinski definition) is 2. The second-order valence-corrected chi connectivity index (χ2v) is 6.73. The zero-order chi connectivity index (χ0) is 15.8. The van der Waals surface area contributed by atoms with E-state index in [1.165, 1.54) is 4.90 Å². The molecule has 7 heteroatoms. The molecule has 1 aliphatic rings. The molecule has 1 aromatic heterocycles. The summed E-state index contributed by atoms with van der Waals surface area (Å²) in [7, 11) is 1.58. The van der Waals surface area contributed by atoms with Gasteiger partial charge in [0.05, 0.1) is 11.2 Å². The molecule has 1 heterocycles. The Bertz CT molecular complexity index is 572. The lowest BCUT2D eigenvalue weighted by atomic mass is 9.76. The normalized spacial score (nSPS) is 25.6. The Morgan fingerprint density at radius 1 is 1.52 bits per heavy atom. The van der Waals surface area contributed by atoms with E-state index in [0.29, 0.717) is 29.5 Å². The number of amides is 1. The molecule has 2 atom stereocenters. The van der Waals surface area contributed by atoms with Gasteiger partial charge in [-0.25, -0.2) is 4.79 Å². The molecule has 0 aromatic carbocycles. The minimum atomic E-state index is -1.07. The van der Waals surface area contributed by atoms with Crippen LogP contribution in [0.1, 0.15) is 48.7 Å². The summed E-state index contributed by atoms with van der Waals surface area (Å²) in [4.78, 5) is 25.4. The Kier molecular flexibility index (Phi) is 4.34. The SMILES string of the molecule is Cc1nsc(N(C)C(=O)C2(N)CCCC(C)C2)c1C(=O)O. The standard InChI is InChI=1S/C14H21N3O3S/c1-8-5-4-6-14(15,7-8)13(20)17(3)11-10(12(18)19)9(2)16-21-11/h8H,4-7,15H2,1-3H3,(H,18,19). The number of anilines is 1. The van der Waals surface area contributed by atoms with E-state index in [0.717, 1.165) is 24.4 Å². The maximum absolute atomic E-state index is 12.7. The van der Waals surface area contributed by atoms with Gasteiger partial charge in [-0.05, 0) is 37.2 Å². The van der Waals surface area contributed by atoms with E-state index in [1.54, 1.807) is 14.0 Å². The number of hydrogen-bond acceptors (Lipinski definition) is 5. The van der Waals surface area contributed by atoms with Crippen LogP contribution < -0.4 is 10.6 Å². The largest absolute Gasteiger partial charge is 0.478 e. The molecule has 1 fully saturated rings. The van der Waals surface area contributed by atoms with Gasteiger partial charge in [0.15, 0.2) is 0 Å². The molecule has 21 heavy (non-hydrogen) atoms. The number of rotatable bonds is 3. The van der Waals surface area contributed by atoms with Gasteiger partial charge in [-0.3, -0.25) is 4.79 Å². The van der Waals surface area contributed by atoms with E-state index in [2.05, 4.69) is 11.3 Å². The molecule has 1 aliphatic carbocycles. The fraction of sp³-hybridized carbons (Fsp3) is 0.643. The molecule has 0 spiro atoms. The molecule has 3 N–H and O–H groups in total. The number of likely N-dealkylation sites (N-methyl/N-ethyl adjacent to an activating group) is 1. The molecule has 1 saturated carbocycles. The maximum atomic E-state index is 12.7. The third kappa shape index (κ3) is 2.94. The third-order valence-corrected chi connectivity index (χ3v) is 5.14. The number of aryl methyl sites for hydroxylation is 1. The summed E-state index contributed by atoms with van der Waals surface area (Å²) in [6.07, 6.45) is 3.28. The first-order chi connectivity index (χ1) is 9.76. The van der Waals surface area contributed by atoms with Crippen molar-refractivity contribution in [2.75, 3.05) is 11.9 Å². The molecular weight excluding hydrogens is 290 g/mol. The quantitative estimate of drug-likeness (QED) is 0.890. The molecule has 0 bridgehead atoms. The molecule has 1 amide bonds. The molecule has 2 rings (SSSR count). The van der Waals surface area contributed by atoms with Crippen molar-refractivity contribution in [2.45, 2.75) is 45.1 Å². The predicted molar refractivity (Wildman–Crippen MR) is 81.8 cm³/mol. The second-order valence-electron chi connectivity index (χ2n) is 5.98. The van der Waals surface area contributed by atoms with Crippen LogP contribution >= 0.6 is 11.5 Å². The number of aromatic nitrogens is 1. The summed E-state index contributed by atoms with van der Waals surface area (Å²) in [5.41, 5.74) is 5.92. The molecular formula is C14H21N3O3S. The lowest BCUT2D eigenvalue weighted by Gasteiger charge is -2.37. The van der Waals surface area contributed by atoms with Crippen LogP contribution in [0.15, 0.2) is 0 Å². The highest BCUT2D eigenvalue weighted by molar-refractivity contribution is 7.11. The minimum Gasteiger partial charge on any atom is -0.478 e. The molecule has 6 nitrogen and oxygen atoms in total. The Morgan fingerprint density at radius 2 is 2.19 bits per heavy atom. The lowest BCUT2D eigenvalue weighted by molar-refractivity contribution is -0.125. The monoisotopic (exact) mass is 311 g/mol. The van der Waals surface area contributed by atoms with Gasteiger partial charge in [-0.15, -0.1) is 0 Å². The fourth-order valence-electron chi connectivity index (χ4n) is 3.05. The first-order valence-electron chi connectivity index (χ1n) is 7.03. The van der Waals surface area contributed by atoms with Crippen LogP contribution in [0, 0.1) is 12.8 Å². The first-order valence-corrected chi connectivity index (χ1v) is 7.80. The zero-order valence-electron chi connectivity index (χ0n) is 12.5. The van der Waals surface area contributed by atoms with E-state index < -0.39 is 11.5 Å². The Hall–Kier alpha value is -1.47. The number of carboxylic acid groups (broad SMARTS) is 1. The van der Waals surface area contributed by atoms with Crippen molar-refractivity contribution in [3.63, 3.8) is 0 Å². The number of carboxylic acids is 1. The van der Waals surface area contributed by atoms with Crippen LogP contribution in [-0.4, -0.2) is 33.9 Å².